The van der Waals surface area contributed by atoms with Crippen molar-refractivity contribution in [3.05, 3.63) is 23.0 Å². The van der Waals surface area contributed by atoms with E-state index in [-0.39, 0.29) is 6.04 Å². The lowest BCUT2D eigenvalue weighted by Crippen LogP contribution is -2.15. The van der Waals surface area contributed by atoms with Gasteiger partial charge in [-0.3, -0.25) is 0 Å². The summed E-state index contributed by atoms with van der Waals surface area (Å²) >= 11 is 0. The molecule has 1 atom stereocenters. The molecule has 0 fully saturated rings. The van der Waals surface area contributed by atoms with E-state index in [1.807, 2.05) is 0 Å². The van der Waals surface area contributed by atoms with Crippen LogP contribution in [-0.4, -0.2) is 4.98 Å². The molecule has 0 amide bonds. The SMILES string of the molecule is CC(C)c1cc2c([nH]1)CCCC2N. The second kappa shape index (κ2) is 3.18. The topological polar surface area (TPSA) is 41.8 Å². The highest BCUT2D eigenvalue weighted by atomic mass is 14.8. The fourth-order valence-corrected chi connectivity index (χ4v) is 2.04. The molecule has 1 aliphatic carbocycles. The van der Waals surface area contributed by atoms with Crippen molar-refractivity contribution in [1.29, 1.82) is 0 Å². The number of aromatic nitrogens is 1. The van der Waals surface area contributed by atoms with E-state index < -0.39 is 0 Å². The highest BCUT2D eigenvalue weighted by molar-refractivity contribution is 5.32. The minimum Gasteiger partial charge on any atom is -0.362 e. The van der Waals surface area contributed by atoms with Crippen molar-refractivity contribution in [3.8, 4) is 0 Å². The van der Waals surface area contributed by atoms with Gasteiger partial charge in [0.05, 0.1) is 0 Å². The van der Waals surface area contributed by atoms with Gasteiger partial charge in [0.2, 0.25) is 0 Å². The van der Waals surface area contributed by atoms with E-state index in [4.69, 9.17) is 5.73 Å². The van der Waals surface area contributed by atoms with Gasteiger partial charge >= 0.3 is 0 Å². The maximum atomic E-state index is 6.04. The lowest BCUT2D eigenvalue weighted by Gasteiger charge is -2.17. The molecule has 0 bridgehead atoms. The molecule has 3 N–H and O–H groups in total. The fourth-order valence-electron chi connectivity index (χ4n) is 2.04. The van der Waals surface area contributed by atoms with Gasteiger partial charge < -0.3 is 10.7 Å². The van der Waals surface area contributed by atoms with Gasteiger partial charge in [0.15, 0.2) is 0 Å². The first-order valence-electron chi connectivity index (χ1n) is 5.15. The Morgan fingerprint density at radius 1 is 1.54 bits per heavy atom. The molecule has 0 radical (unpaired) electrons. The van der Waals surface area contributed by atoms with Crippen molar-refractivity contribution in [2.45, 2.75) is 45.1 Å². The van der Waals surface area contributed by atoms with E-state index in [2.05, 4.69) is 24.9 Å². The van der Waals surface area contributed by atoms with Crippen LogP contribution in [0.5, 0.6) is 0 Å². The van der Waals surface area contributed by atoms with E-state index in [9.17, 15) is 0 Å². The maximum Gasteiger partial charge on any atom is 0.0312 e. The van der Waals surface area contributed by atoms with Crippen LogP contribution in [0.1, 0.15) is 55.6 Å². The zero-order valence-corrected chi connectivity index (χ0v) is 8.43. The summed E-state index contributed by atoms with van der Waals surface area (Å²) in [5, 5.41) is 0. The number of aryl methyl sites for hydroxylation is 1. The Hall–Kier alpha value is -0.760. The van der Waals surface area contributed by atoms with E-state index in [1.165, 1.54) is 29.8 Å². The molecular weight excluding hydrogens is 160 g/mol. The van der Waals surface area contributed by atoms with Crippen LogP contribution in [0.25, 0.3) is 0 Å². The molecule has 1 aromatic rings. The molecule has 0 spiro atoms. The summed E-state index contributed by atoms with van der Waals surface area (Å²) in [5.74, 6) is 0.581. The van der Waals surface area contributed by atoms with Gasteiger partial charge in [-0.2, -0.15) is 0 Å². The van der Waals surface area contributed by atoms with Crippen LogP contribution in [-0.2, 0) is 6.42 Å². The number of nitrogens with one attached hydrogen (secondary N) is 1. The van der Waals surface area contributed by atoms with Crippen molar-refractivity contribution in [3.63, 3.8) is 0 Å². The molecule has 0 saturated carbocycles. The van der Waals surface area contributed by atoms with E-state index in [0.29, 0.717) is 5.92 Å². The molecule has 1 aromatic heterocycles. The predicted octanol–water partition coefficient (Wildman–Crippen LogP) is 2.47. The Balaban J connectivity index is 2.36. The van der Waals surface area contributed by atoms with Crippen LogP contribution < -0.4 is 5.73 Å². The van der Waals surface area contributed by atoms with Crippen molar-refractivity contribution in [2.24, 2.45) is 5.73 Å². The summed E-state index contributed by atoms with van der Waals surface area (Å²) in [6.07, 6.45) is 3.55. The third-order valence-corrected chi connectivity index (χ3v) is 2.92. The number of hydrogen-bond donors (Lipinski definition) is 2. The van der Waals surface area contributed by atoms with E-state index >= 15 is 0 Å². The first-order valence-corrected chi connectivity index (χ1v) is 5.15. The standard InChI is InChI=1S/C11H18N2/c1-7(2)11-6-8-9(12)4-3-5-10(8)13-11/h6-7,9,13H,3-5,12H2,1-2H3. The van der Waals surface area contributed by atoms with Crippen molar-refractivity contribution >= 4 is 0 Å². The third-order valence-electron chi connectivity index (χ3n) is 2.92. The molecular formula is C11H18N2. The minimum absolute atomic E-state index is 0.271. The lowest BCUT2D eigenvalue weighted by molar-refractivity contribution is 0.566. The summed E-state index contributed by atoms with van der Waals surface area (Å²) in [6, 6.07) is 2.52. The summed E-state index contributed by atoms with van der Waals surface area (Å²) < 4.78 is 0. The number of fused-ring (bicyclic) bond motifs is 1. The van der Waals surface area contributed by atoms with Gasteiger partial charge in [-0.1, -0.05) is 13.8 Å². The van der Waals surface area contributed by atoms with Gasteiger partial charge in [-0.25, -0.2) is 0 Å². The average Bonchev–Trinajstić information content (AvgIpc) is 2.49. The minimum atomic E-state index is 0.271. The van der Waals surface area contributed by atoms with E-state index in [0.717, 1.165) is 6.42 Å². The van der Waals surface area contributed by atoms with Crippen LogP contribution in [0.15, 0.2) is 6.07 Å². The predicted molar refractivity (Wildman–Crippen MR) is 54.7 cm³/mol. The highest BCUT2D eigenvalue weighted by Gasteiger charge is 2.19. The zero-order chi connectivity index (χ0) is 9.42. The number of hydrogen-bond acceptors (Lipinski definition) is 1. The molecule has 0 saturated heterocycles. The zero-order valence-electron chi connectivity index (χ0n) is 8.43. The largest absolute Gasteiger partial charge is 0.362 e. The van der Waals surface area contributed by atoms with Crippen LogP contribution in [0.2, 0.25) is 0 Å². The normalized spacial score (nSPS) is 22.0. The van der Waals surface area contributed by atoms with Crippen molar-refractivity contribution < 1.29 is 0 Å². The van der Waals surface area contributed by atoms with Gasteiger partial charge in [0.1, 0.15) is 0 Å². The van der Waals surface area contributed by atoms with Crippen LogP contribution in [0.3, 0.4) is 0 Å². The summed E-state index contributed by atoms with van der Waals surface area (Å²) in [6.45, 7) is 4.42. The lowest BCUT2D eigenvalue weighted by atomic mass is 9.93. The second-order valence-electron chi connectivity index (χ2n) is 4.31. The second-order valence-corrected chi connectivity index (χ2v) is 4.31. The summed E-state index contributed by atoms with van der Waals surface area (Å²) in [5.41, 5.74) is 10.1. The van der Waals surface area contributed by atoms with Gasteiger partial charge in [-0.15, -0.1) is 0 Å². The molecule has 13 heavy (non-hydrogen) atoms. The van der Waals surface area contributed by atoms with Crippen molar-refractivity contribution in [2.75, 3.05) is 0 Å². The summed E-state index contributed by atoms with van der Waals surface area (Å²) in [7, 11) is 0. The monoisotopic (exact) mass is 178 g/mol. The maximum absolute atomic E-state index is 6.04. The average molecular weight is 178 g/mol. The molecule has 1 unspecified atom stereocenters. The Morgan fingerprint density at radius 3 is 2.92 bits per heavy atom. The molecule has 2 rings (SSSR count). The van der Waals surface area contributed by atoms with Gasteiger partial charge in [0.25, 0.3) is 0 Å². The molecule has 72 valence electrons. The quantitative estimate of drug-likeness (QED) is 0.681. The first-order chi connectivity index (χ1) is 6.18. The Morgan fingerprint density at radius 2 is 2.31 bits per heavy atom. The number of rotatable bonds is 1. The molecule has 1 aliphatic rings. The van der Waals surface area contributed by atoms with Crippen LogP contribution >= 0.6 is 0 Å². The highest BCUT2D eigenvalue weighted by Crippen LogP contribution is 2.30. The molecule has 2 heteroatoms. The van der Waals surface area contributed by atoms with Gasteiger partial charge in [0, 0.05) is 17.4 Å². The molecule has 0 aliphatic heterocycles. The fraction of sp³-hybridized carbons (Fsp3) is 0.636. The molecule has 0 aromatic carbocycles. The number of H-pyrrole nitrogens is 1. The number of nitrogens with two attached hydrogens (primary N) is 1. The Labute approximate surface area is 79.5 Å². The third kappa shape index (κ3) is 1.51. The Bertz CT molecular complexity index is 299. The van der Waals surface area contributed by atoms with Crippen LogP contribution in [0, 0.1) is 0 Å². The smallest absolute Gasteiger partial charge is 0.0312 e. The molecule has 1 heterocycles. The van der Waals surface area contributed by atoms with Crippen LogP contribution in [0.4, 0.5) is 0 Å². The molecule has 2 nitrogen and oxygen atoms in total. The first kappa shape index (κ1) is 8.82. The van der Waals surface area contributed by atoms with Gasteiger partial charge in [-0.05, 0) is 36.8 Å². The van der Waals surface area contributed by atoms with E-state index in [1.54, 1.807) is 0 Å². The summed E-state index contributed by atoms with van der Waals surface area (Å²) in [4.78, 5) is 3.48. The number of aromatic amines is 1. The Kier molecular flexibility index (Phi) is 2.16. The van der Waals surface area contributed by atoms with Crippen molar-refractivity contribution in [1.82, 2.24) is 4.98 Å².